The average molecular weight is 285 g/mol. The summed E-state index contributed by atoms with van der Waals surface area (Å²) in [6.07, 6.45) is 7.28. The third kappa shape index (κ3) is 2.80. The minimum atomic E-state index is 0.0770. The lowest BCUT2D eigenvalue weighted by molar-refractivity contribution is 0.0910. The second-order valence-corrected chi connectivity index (χ2v) is 6.88. The number of carbonyl (C=O) groups excluding carboxylic acids is 1. The molecule has 0 unspecified atom stereocenters. The Balaban J connectivity index is 1.78. The molecule has 2 heterocycles. The van der Waals surface area contributed by atoms with Gasteiger partial charge in [-0.1, -0.05) is 13.8 Å². The molecule has 3 rings (SSSR count). The molecule has 0 bridgehead atoms. The molecule has 0 saturated heterocycles. The number of aromatic nitrogens is 3. The molecule has 0 aromatic carbocycles. The van der Waals surface area contributed by atoms with Crippen LogP contribution in [-0.2, 0) is 19.4 Å². The van der Waals surface area contributed by atoms with Gasteiger partial charge in [-0.2, -0.15) is 0 Å². The van der Waals surface area contributed by atoms with Crippen LogP contribution in [0.3, 0.4) is 0 Å². The fraction of sp³-hybridized carbons (Fsp3) is 0.529. The van der Waals surface area contributed by atoms with Crippen molar-refractivity contribution in [1.82, 2.24) is 14.5 Å². The summed E-state index contributed by atoms with van der Waals surface area (Å²) in [6, 6.07) is 2.07. The van der Waals surface area contributed by atoms with Gasteiger partial charge in [-0.05, 0) is 31.2 Å². The number of fused-ring (bicyclic) bond motifs is 1. The van der Waals surface area contributed by atoms with Crippen molar-refractivity contribution in [2.75, 3.05) is 0 Å². The fourth-order valence-corrected chi connectivity index (χ4v) is 3.36. The number of hydrogen-bond acceptors (Lipinski definition) is 2. The van der Waals surface area contributed by atoms with Crippen molar-refractivity contribution in [3.05, 3.63) is 41.2 Å². The molecule has 0 spiro atoms. The van der Waals surface area contributed by atoms with Crippen molar-refractivity contribution in [3.8, 4) is 0 Å². The Morgan fingerprint density at radius 2 is 2.19 bits per heavy atom. The molecule has 0 radical (unpaired) electrons. The number of nitrogens with zero attached hydrogens (tertiary/aromatic N) is 2. The molecule has 2 aromatic rings. The molecular weight excluding hydrogens is 262 g/mol. The van der Waals surface area contributed by atoms with Crippen molar-refractivity contribution in [2.24, 2.45) is 5.41 Å². The normalized spacial score (nSPS) is 17.0. The van der Waals surface area contributed by atoms with E-state index in [1.54, 1.807) is 6.20 Å². The van der Waals surface area contributed by atoms with Gasteiger partial charge in [0.2, 0.25) is 0 Å². The number of carbonyl (C=O) groups is 1. The number of rotatable bonds is 4. The Labute approximate surface area is 125 Å². The third-order valence-corrected chi connectivity index (χ3v) is 4.35. The standard InChI is InChI=1S/C17H23N3O/c1-12-9-13-14(10-17(2,3)11-15(13)21)20(12)8-4-5-16-18-6-7-19-16/h6-7,9H,4-5,8,10-11H2,1-3H3,(H,18,19). The summed E-state index contributed by atoms with van der Waals surface area (Å²) < 4.78 is 2.33. The van der Waals surface area contributed by atoms with E-state index in [9.17, 15) is 4.79 Å². The SMILES string of the molecule is Cc1cc2c(n1CCCc1ncc[nH]1)CC(C)(C)CC2=O. The molecule has 4 nitrogen and oxygen atoms in total. The van der Waals surface area contributed by atoms with Crippen LogP contribution < -0.4 is 0 Å². The molecule has 2 aromatic heterocycles. The Bertz CT molecular complexity index is 650. The van der Waals surface area contributed by atoms with Gasteiger partial charge in [0, 0.05) is 48.7 Å². The summed E-state index contributed by atoms with van der Waals surface area (Å²) in [6.45, 7) is 7.42. The molecule has 21 heavy (non-hydrogen) atoms. The van der Waals surface area contributed by atoms with Gasteiger partial charge in [-0.3, -0.25) is 4.79 Å². The van der Waals surface area contributed by atoms with Gasteiger partial charge in [0.05, 0.1) is 0 Å². The predicted molar refractivity (Wildman–Crippen MR) is 82.5 cm³/mol. The predicted octanol–water partition coefficient (Wildman–Crippen LogP) is 3.31. The Kier molecular flexibility index (Phi) is 3.47. The summed E-state index contributed by atoms with van der Waals surface area (Å²) in [5.41, 5.74) is 3.46. The van der Waals surface area contributed by atoms with Crippen LogP contribution in [0.5, 0.6) is 0 Å². The van der Waals surface area contributed by atoms with Gasteiger partial charge in [-0.15, -0.1) is 0 Å². The molecule has 0 saturated carbocycles. The summed E-state index contributed by atoms with van der Waals surface area (Å²) in [4.78, 5) is 19.7. The number of nitrogens with one attached hydrogen (secondary N) is 1. The van der Waals surface area contributed by atoms with E-state index >= 15 is 0 Å². The first kappa shape index (κ1) is 14.1. The maximum atomic E-state index is 12.3. The van der Waals surface area contributed by atoms with Crippen LogP contribution in [0.4, 0.5) is 0 Å². The van der Waals surface area contributed by atoms with E-state index in [2.05, 4.69) is 41.4 Å². The zero-order chi connectivity index (χ0) is 15.0. The monoisotopic (exact) mass is 285 g/mol. The average Bonchev–Trinajstić information content (AvgIpc) is 2.99. The van der Waals surface area contributed by atoms with E-state index in [4.69, 9.17) is 0 Å². The van der Waals surface area contributed by atoms with Crippen LogP contribution >= 0.6 is 0 Å². The van der Waals surface area contributed by atoms with E-state index < -0.39 is 0 Å². The van der Waals surface area contributed by atoms with Crippen molar-refractivity contribution < 1.29 is 4.79 Å². The topological polar surface area (TPSA) is 50.7 Å². The Morgan fingerprint density at radius 1 is 1.38 bits per heavy atom. The number of aromatic amines is 1. The first-order valence-corrected chi connectivity index (χ1v) is 7.67. The summed E-state index contributed by atoms with van der Waals surface area (Å²) in [5, 5.41) is 0. The summed E-state index contributed by atoms with van der Waals surface area (Å²) >= 11 is 0. The quantitative estimate of drug-likeness (QED) is 0.937. The maximum absolute atomic E-state index is 12.3. The van der Waals surface area contributed by atoms with E-state index in [1.807, 2.05) is 6.20 Å². The first-order chi connectivity index (χ1) is 9.96. The molecule has 0 amide bonds. The number of imidazole rings is 1. The number of Topliss-reactive ketones (excluding diaryl/α,β-unsaturated/α-hetero) is 1. The van der Waals surface area contributed by atoms with Crippen LogP contribution in [0, 0.1) is 12.3 Å². The molecule has 1 aliphatic rings. The van der Waals surface area contributed by atoms with Crippen LogP contribution in [0.25, 0.3) is 0 Å². The maximum Gasteiger partial charge on any atom is 0.165 e. The number of aryl methyl sites for hydroxylation is 2. The van der Waals surface area contributed by atoms with Crippen LogP contribution in [0.2, 0.25) is 0 Å². The molecule has 1 aliphatic carbocycles. The molecular formula is C17H23N3O. The third-order valence-electron chi connectivity index (χ3n) is 4.35. The van der Waals surface area contributed by atoms with E-state index in [-0.39, 0.29) is 5.41 Å². The Hall–Kier alpha value is -1.84. The fourth-order valence-electron chi connectivity index (χ4n) is 3.36. The van der Waals surface area contributed by atoms with E-state index in [0.29, 0.717) is 12.2 Å². The van der Waals surface area contributed by atoms with Gasteiger partial charge in [0.15, 0.2) is 5.78 Å². The van der Waals surface area contributed by atoms with Crippen LogP contribution in [0.1, 0.15) is 54.3 Å². The molecule has 112 valence electrons. The highest BCUT2D eigenvalue weighted by molar-refractivity contribution is 5.99. The van der Waals surface area contributed by atoms with Crippen molar-refractivity contribution >= 4 is 5.78 Å². The zero-order valence-corrected chi connectivity index (χ0v) is 13.1. The van der Waals surface area contributed by atoms with Gasteiger partial charge >= 0.3 is 0 Å². The number of hydrogen-bond donors (Lipinski definition) is 1. The van der Waals surface area contributed by atoms with Crippen molar-refractivity contribution in [1.29, 1.82) is 0 Å². The highest BCUT2D eigenvalue weighted by Gasteiger charge is 2.33. The second-order valence-electron chi connectivity index (χ2n) is 6.88. The van der Waals surface area contributed by atoms with Gasteiger partial charge < -0.3 is 9.55 Å². The lowest BCUT2D eigenvalue weighted by Gasteiger charge is -2.29. The summed E-state index contributed by atoms with van der Waals surface area (Å²) in [7, 11) is 0. The Morgan fingerprint density at radius 3 is 2.90 bits per heavy atom. The van der Waals surface area contributed by atoms with E-state index in [0.717, 1.165) is 37.2 Å². The number of H-pyrrole nitrogens is 1. The highest BCUT2D eigenvalue weighted by Crippen LogP contribution is 2.36. The van der Waals surface area contributed by atoms with Gasteiger partial charge in [0.1, 0.15) is 5.82 Å². The van der Waals surface area contributed by atoms with Gasteiger partial charge in [-0.25, -0.2) is 4.98 Å². The van der Waals surface area contributed by atoms with Gasteiger partial charge in [0.25, 0.3) is 0 Å². The van der Waals surface area contributed by atoms with Crippen molar-refractivity contribution in [2.45, 2.75) is 53.0 Å². The zero-order valence-electron chi connectivity index (χ0n) is 13.1. The van der Waals surface area contributed by atoms with Crippen LogP contribution in [-0.4, -0.2) is 20.3 Å². The number of ketones is 1. The highest BCUT2D eigenvalue weighted by atomic mass is 16.1. The van der Waals surface area contributed by atoms with E-state index in [1.165, 1.54) is 11.4 Å². The minimum absolute atomic E-state index is 0.0770. The molecule has 0 atom stereocenters. The largest absolute Gasteiger partial charge is 0.349 e. The lowest BCUT2D eigenvalue weighted by Crippen LogP contribution is -2.28. The van der Waals surface area contributed by atoms with Crippen LogP contribution in [0.15, 0.2) is 18.5 Å². The molecule has 0 fully saturated rings. The van der Waals surface area contributed by atoms with Crippen molar-refractivity contribution in [3.63, 3.8) is 0 Å². The molecule has 4 heteroatoms. The molecule has 0 aliphatic heterocycles. The first-order valence-electron chi connectivity index (χ1n) is 7.67. The molecule has 1 N–H and O–H groups in total. The minimum Gasteiger partial charge on any atom is -0.349 e. The summed E-state index contributed by atoms with van der Waals surface area (Å²) in [5.74, 6) is 1.33. The second kappa shape index (κ2) is 5.17. The smallest absolute Gasteiger partial charge is 0.165 e. The lowest BCUT2D eigenvalue weighted by atomic mass is 9.76.